The Morgan fingerprint density at radius 2 is 2.00 bits per heavy atom. The van der Waals surface area contributed by atoms with Gasteiger partial charge in [-0.2, -0.15) is 0 Å². The number of benzene rings is 1. The Kier molecular flexibility index (Phi) is 3.96. The lowest BCUT2D eigenvalue weighted by molar-refractivity contribution is 0.890. The Balaban J connectivity index is 2.11. The molecule has 0 unspecified atom stereocenters. The van der Waals surface area contributed by atoms with E-state index >= 15 is 0 Å². The Morgan fingerprint density at radius 1 is 1.28 bits per heavy atom. The fraction of sp³-hybridized carbons (Fsp3) is 0.167. The Labute approximate surface area is 111 Å². The molecule has 0 atom stereocenters. The summed E-state index contributed by atoms with van der Waals surface area (Å²) in [5, 5.41) is 0.732. The normalized spacial score (nSPS) is 10.2. The highest BCUT2D eigenvalue weighted by atomic mass is 35.5. The molecule has 3 N–H and O–H groups in total. The minimum Gasteiger partial charge on any atom is -0.354 e. The number of aromatic nitrogens is 2. The van der Waals surface area contributed by atoms with Crippen molar-refractivity contribution < 1.29 is 0 Å². The Morgan fingerprint density at radius 3 is 2.67 bits per heavy atom. The van der Waals surface area contributed by atoms with E-state index in [4.69, 9.17) is 17.4 Å². The summed E-state index contributed by atoms with van der Waals surface area (Å²) >= 11 is 5.85. The van der Waals surface area contributed by atoms with Crippen molar-refractivity contribution in [2.24, 2.45) is 5.84 Å². The number of hydrazine groups is 1. The molecule has 6 heteroatoms. The second kappa shape index (κ2) is 5.66. The van der Waals surface area contributed by atoms with Gasteiger partial charge in [0.2, 0.25) is 0 Å². The maximum Gasteiger partial charge on any atom is 0.160 e. The molecule has 2 aromatic rings. The number of nitrogens with two attached hydrogens (primary N) is 1. The summed E-state index contributed by atoms with van der Waals surface area (Å²) in [4.78, 5) is 10.4. The number of nitrogens with one attached hydrogen (secondary N) is 1. The van der Waals surface area contributed by atoms with Gasteiger partial charge in [0.05, 0.1) is 12.4 Å². The van der Waals surface area contributed by atoms with Crippen molar-refractivity contribution in [2.75, 3.05) is 17.4 Å². The number of anilines is 2. The van der Waals surface area contributed by atoms with Gasteiger partial charge in [0.1, 0.15) is 5.82 Å². The lowest BCUT2D eigenvalue weighted by atomic mass is 10.2. The third-order valence-electron chi connectivity index (χ3n) is 2.49. The first kappa shape index (κ1) is 12.6. The molecule has 0 bridgehead atoms. The number of hydrogen-bond donors (Lipinski definition) is 2. The van der Waals surface area contributed by atoms with Gasteiger partial charge in [0.25, 0.3) is 0 Å². The molecule has 0 aliphatic carbocycles. The van der Waals surface area contributed by atoms with Crippen LogP contribution in [0.25, 0.3) is 0 Å². The number of nitrogen functional groups attached to an aromatic ring is 1. The highest BCUT2D eigenvalue weighted by molar-refractivity contribution is 6.30. The van der Waals surface area contributed by atoms with Gasteiger partial charge in [-0.05, 0) is 17.7 Å². The van der Waals surface area contributed by atoms with Crippen molar-refractivity contribution in [3.63, 3.8) is 0 Å². The molecule has 0 saturated carbocycles. The van der Waals surface area contributed by atoms with Crippen molar-refractivity contribution >= 4 is 23.2 Å². The first-order valence-electron chi connectivity index (χ1n) is 5.43. The van der Waals surface area contributed by atoms with E-state index in [1.54, 1.807) is 12.4 Å². The molecule has 0 aliphatic heterocycles. The zero-order chi connectivity index (χ0) is 13.0. The van der Waals surface area contributed by atoms with E-state index in [9.17, 15) is 0 Å². The van der Waals surface area contributed by atoms with Crippen LogP contribution in [0.1, 0.15) is 5.56 Å². The highest BCUT2D eigenvalue weighted by Crippen LogP contribution is 2.15. The summed E-state index contributed by atoms with van der Waals surface area (Å²) in [6.45, 7) is 0.722. The van der Waals surface area contributed by atoms with Crippen LogP contribution in [-0.4, -0.2) is 17.0 Å². The summed E-state index contributed by atoms with van der Waals surface area (Å²) in [6, 6.07) is 7.71. The van der Waals surface area contributed by atoms with Crippen molar-refractivity contribution in [1.82, 2.24) is 9.97 Å². The molecule has 0 fully saturated rings. The maximum atomic E-state index is 5.85. The van der Waals surface area contributed by atoms with Gasteiger partial charge < -0.3 is 10.3 Å². The first-order chi connectivity index (χ1) is 8.69. The smallest absolute Gasteiger partial charge is 0.160 e. The topological polar surface area (TPSA) is 67.1 Å². The molecule has 94 valence electrons. The number of rotatable bonds is 4. The standard InChI is InChI=1S/C12H14ClN5/c1-18(8-9-2-4-10(13)5-3-9)12-7-15-6-11(16-12)17-14/h2-7H,8,14H2,1H3,(H,16,17). The largest absolute Gasteiger partial charge is 0.354 e. The summed E-state index contributed by atoms with van der Waals surface area (Å²) in [6.07, 6.45) is 3.26. The fourth-order valence-electron chi connectivity index (χ4n) is 1.55. The molecule has 0 saturated heterocycles. The lowest BCUT2D eigenvalue weighted by Gasteiger charge is -2.18. The minimum absolute atomic E-state index is 0.537. The quantitative estimate of drug-likeness (QED) is 0.653. The number of nitrogens with zero attached hydrogens (tertiary/aromatic N) is 3. The van der Waals surface area contributed by atoms with Gasteiger partial charge in [-0.1, -0.05) is 23.7 Å². The third kappa shape index (κ3) is 3.09. The predicted molar refractivity (Wildman–Crippen MR) is 73.4 cm³/mol. The molecule has 1 heterocycles. The highest BCUT2D eigenvalue weighted by Gasteiger charge is 2.05. The first-order valence-corrected chi connectivity index (χ1v) is 5.81. The molecule has 0 aliphatic rings. The van der Waals surface area contributed by atoms with Gasteiger partial charge in [0.15, 0.2) is 5.82 Å². The summed E-state index contributed by atoms with van der Waals surface area (Å²) < 4.78 is 0. The summed E-state index contributed by atoms with van der Waals surface area (Å²) in [5.74, 6) is 6.59. The molecular weight excluding hydrogens is 250 g/mol. The van der Waals surface area contributed by atoms with Crippen molar-refractivity contribution in [2.45, 2.75) is 6.54 Å². The Hall–Kier alpha value is -1.85. The number of hydrogen-bond acceptors (Lipinski definition) is 5. The molecule has 18 heavy (non-hydrogen) atoms. The van der Waals surface area contributed by atoms with E-state index in [0.717, 1.165) is 22.9 Å². The number of halogens is 1. The van der Waals surface area contributed by atoms with E-state index in [0.29, 0.717) is 5.82 Å². The average molecular weight is 264 g/mol. The minimum atomic E-state index is 0.537. The summed E-state index contributed by atoms with van der Waals surface area (Å²) in [5.41, 5.74) is 3.62. The van der Waals surface area contributed by atoms with E-state index in [2.05, 4.69) is 15.4 Å². The van der Waals surface area contributed by atoms with Gasteiger partial charge in [0, 0.05) is 18.6 Å². The molecule has 2 rings (SSSR count). The van der Waals surface area contributed by atoms with Crippen LogP contribution < -0.4 is 16.2 Å². The second-order valence-corrected chi connectivity index (χ2v) is 4.33. The molecule has 1 aromatic carbocycles. The van der Waals surface area contributed by atoms with E-state index < -0.39 is 0 Å². The average Bonchev–Trinajstić information content (AvgIpc) is 2.41. The molecule has 1 aromatic heterocycles. The second-order valence-electron chi connectivity index (χ2n) is 3.89. The Bertz CT molecular complexity index is 514. The van der Waals surface area contributed by atoms with Crippen LogP contribution in [-0.2, 0) is 6.54 Å². The zero-order valence-electron chi connectivity index (χ0n) is 9.97. The molecular formula is C12H14ClN5. The van der Waals surface area contributed by atoms with Gasteiger partial charge >= 0.3 is 0 Å². The summed E-state index contributed by atoms with van der Waals surface area (Å²) in [7, 11) is 1.94. The van der Waals surface area contributed by atoms with Crippen molar-refractivity contribution in [1.29, 1.82) is 0 Å². The van der Waals surface area contributed by atoms with Crippen LogP contribution in [0.2, 0.25) is 5.02 Å². The van der Waals surface area contributed by atoms with Crippen molar-refractivity contribution in [3.8, 4) is 0 Å². The maximum absolute atomic E-state index is 5.85. The van der Waals surface area contributed by atoms with Gasteiger partial charge in [-0.15, -0.1) is 0 Å². The van der Waals surface area contributed by atoms with Gasteiger partial charge in [-0.3, -0.25) is 4.98 Å². The lowest BCUT2D eigenvalue weighted by Crippen LogP contribution is -2.19. The predicted octanol–water partition coefficient (Wildman–Crippen LogP) is 2.05. The van der Waals surface area contributed by atoms with Crippen LogP contribution >= 0.6 is 11.6 Å². The zero-order valence-corrected chi connectivity index (χ0v) is 10.7. The van der Waals surface area contributed by atoms with E-state index in [1.807, 2.05) is 36.2 Å². The van der Waals surface area contributed by atoms with Crippen LogP contribution in [0.4, 0.5) is 11.6 Å². The van der Waals surface area contributed by atoms with Crippen LogP contribution in [0.5, 0.6) is 0 Å². The van der Waals surface area contributed by atoms with Crippen LogP contribution in [0.3, 0.4) is 0 Å². The third-order valence-corrected chi connectivity index (χ3v) is 2.75. The molecule has 0 radical (unpaired) electrons. The molecule has 5 nitrogen and oxygen atoms in total. The monoisotopic (exact) mass is 263 g/mol. The van der Waals surface area contributed by atoms with Crippen LogP contribution in [0.15, 0.2) is 36.7 Å². The van der Waals surface area contributed by atoms with E-state index in [-0.39, 0.29) is 0 Å². The molecule has 0 spiro atoms. The molecule has 0 amide bonds. The van der Waals surface area contributed by atoms with Gasteiger partial charge in [-0.25, -0.2) is 10.8 Å². The van der Waals surface area contributed by atoms with Crippen molar-refractivity contribution in [3.05, 3.63) is 47.2 Å². The SMILES string of the molecule is CN(Cc1ccc(Cl)cc1)c1cncc(NN)n1. The van der Waals surface area contributed by atoms with Crippen LogP contribution in [0, 0.1) is 0 Å². The fourth-order valence-corrected chi connectivity index (χ4v) is 1.68. The van der Waals surface area contributed by atoms with E-state index in [1.165, 1.54) is 0 Å².